The molecule has 0 unspecified atom stereocenters. The summed E-state index contributed by atoms with van der Waals surface area (Å²) >= 11 is 12.5. The first-order valence-corrected chi connectivity index (χ1v) is 7.40. The van der Waals surface area contributed by atoms with Crippen molar-refractivity contribution in [2.75, 3.05) is 7.11 Å². The molecule has 108 valence electrons. The molecule has 0 saturated heterocycles. The Kier molecular flexibility index (Phi) is 3.46. The van der Waals surface area contributed by atoms with Gasteiger partial charge in [-0.3, -0.25) is 4.79 Å². The van der Waals surface area contributed by atoms with Crippen LogP contribution in [0.5, 0.6) is 5.75 Å². The summed E-state index contributed by atoms with van der Waals surface area (Å²) in [6.07, 6.45) is 0.596. The number of carbonyl (C=O) groups excluding carboxylic acids is 1. The first-order valence-electron chi connectivity index (χ1n) is 6.64. The summed E-state index contributed by atoms with van der Waals surface area (Å²) in [6, 6.07) is 11.6. The summed E-state index contributed by atoms with van der Waals surface area (Å²) in [5.41, 5.74) is 1.78. The highest BCUT2D eigenvalue weighted by Crippen LogP contribution is 2.47. The summed E-state index contributed by atoms with van der Waals surface area (Å²) in [5, 5.41) is 0.583. The van der Waals surface area contributed by atoms with E-state index in [4.69, 9.17) is 27.9 Å². The van der Waals surface area contributed by atoms with E-state index in [9.17, 15) is 4.79 Å². The van der Waals surface area contributed by atoms with Crippen molar-refractivity contribution in [1.29, 1.82) is 0 Å². The van der Waals surface area contributed by atoms with E-state index in [0.29, 0.717) is 22.8 Å². The number of rotatable bonds is 2. The van der Waals surface area contributed by atoms with Crippen LogP contribution in [0.3, 0.4) is 0 Å². The number of hydrogen-bond acceptors (Lipinski definition) is 2. The van der Waals surface area contributed by atoms with E-state index < -0.39 is 5.41 Å². The fourth-order valence-corrected chi connectivity index (χ4v) is 3.49. The molecule has 4 heteroatoms. The van der Waals surface area contributed by atoms with Crippen LogP contribution in [0.1, 0.15) is 28.4 Å². The summed E-state index contributed by atoms with van der Waals surface area (Å²) < 4.78 is 5.23. The van der Waals surface area contributed by atoms with E-state index in [1.54, 1.807) is 0 Å². The molecule has 21 heavy (non-hydrogen) atoms. The van der Waals surface area contributed by atoms with Gasteiger partial charge in [0.1, 0.15) is 10.8 Å². The Bertz CT molecular complexity index is 725. The Morgan fingerprint density at radius 3 is 2.43 bits per heavy atom. The smallest absolute Gasteiger partial charge is 0.175 e. The van der Waals surface area contributed by atoms with Crippen LogP contribution in [0.15, 0.2) is 36.4 Å². The number of benzene rings is 2. The van der Waals surface area contributed by atoms with Crippen LogP contribution in [0, 0.1) is 0 Å². The van der Waals surface area contributed by atoms with Gasteiger partial charge in [-0.1, -0.05) is 53.5 Å². The molecule has 0 N–H and O–H groups in total. The molecule has 2 aromatic carbocycles. The molecule has 2 aromatic rings. The maximum atomic E-state index is 12.9. The van der Waals surface area contributed by atoms with Crippen LogP contribution in [-0.4, -0.2) is 12.9 Å². The van der Waals surface area contributed by atoms with Gasteiger partial charge in [-0.2, -0.15) is 0 Å². The minimum absolute atomic E-state index is 0.0123. The van der Waals surface area contributed by atoms with Gasteiger partial charge in [-0.05, 0) is 30.5 Å². The minimum atomic E-state index is -0.608. The Labute approximate surface area is 133 Å². The summed E-state index contributed by atoms with van der Waals surface area (Å²) in [7, 11) is 1.54. The average molecular weight is 321 g/mol. The minimum Gasteiger partial charge on any atom is -0.495 e. The second-order valence-corrected chi connectivity index (χ2v) is 6.20. The Morgan fingerprint density at radius 2 is 1.81 bits per heavy atom. The lowest BCUT2D eigenvalue weighted by Crippen LogP contribution is -2.29. The largest absolute Gasteiger partial charge is 0.495 e. The molecular formula is C17H14Cl2O2. The van der Waals surface area contributed by atoms with Crippen LogP contribution < -0.4 is 4.74 Å². The van der Waals surface area contributed by atoms with Gasteiger partial charge < -0.3 is 4.74 Å². The Morgan fingerprint density at radius 1 is 1.14 bits per heavy atom. The number of carbonyl (C=O) groups is 1. The van der Waals surface area contributed by atoms with E-state index in [1.165, 1.54) is 7.11 Å². The van der Waals surface area contributed by atoms with Gasteiger partial charge in [0.05, 0.1) is 17.5 Å². The number of halogens is 2. The van der Waals surface area contributed by atoms with Gasteiger partial charge in [0.15, 0.2) is 5.78 Å². The first kappa shape index (κ1) is 14.4. The number of hydrogen-bond donors (Lipinski definition) is 0. The van der Waals surface area contributed by atoms with E-state index in [-0.39, 0.29) is 10.8 Å². The fourth-order valence-electron chi connectivity index (χ4n) is 2.96. The van der Waals surface area contributed by atoms with Crippen LogP contribution in [0.2, 0.25) is 10.0 Å². The fraction of sp³-hybridized carbons (Fsp3) is 0.235. The summed E-state index contributed by atoms with van der Waals surface area (Å²) in [6.45, 7) is 1.95. The van der Waals surface area contributed by atoms with Gasteiger partial charge in [0.2, 0.25) is 0 Å². The third-order valence-corrected chi connectivity index (χ3v) is 5.01. The highest BCUT2D eigenvalue weighted by Gasteiger charge is 2.44. The molecule has 1 aliphatic rings. The van der Waals surface area contributed by atoms with E-state index in [0.717, 1.165) is 11.1 Å². The molecule has 1 aliphatic carbocycles. The number of fused-ring (bicyclic) bond motifs is 1. The highest BCUT2D eigenvalue weighted by atomic mass is 35.5. The topological polar surface area (TPSA) is 26.3 Å². The van der Waals surface area contributed by atoms with Gasteiger partial charge in [-0.15, -0.1) is 0 Å². The standard InChI is InChI=1S/C17H14Cl2O2/c1-17(11-6-4-3-5-7-11)9-10-8-12(21-2)14(18)15(19)13(10)16(17)20/h3-8H,9H2,1-2H3/t17-/m0/s1. The predicted molar refractivity (Wildman–Crippen MR) is 84.8 cm³/mol. The van der Waals surface area contributed by atoms with Crippen molar-refractivity contribution in [3.63, 3.8) is 0 Å². The third-order valence-electron chi connectivity index (χ3n) is 4.16. The van der Waals surface area contributed by atoms with Crippen molar-refractivity contribution in [2.24, 2.45) is 0 Å². The number of ketones is 1. The molecule has 0 radical (unpaired) electrons. The molecule has 1 atom stereocenters. The van der Waals surface area contributed by atoms with Gasteiger partial charge in [0.25, 0.3) is 0 Å². The van der Waals surface area contributed by atoms with E-state index in [1.807, 2.05) is 43.3 Å². The van der Waals surface area contributed by atoms with Gasteiger partial charge in [-0.25, -0.2) is 0 Å². The zero-order valence-corrected chi connectivity index (χ0v) is 13.3. The van der Waals surface area contributed by atoms with Crippen molar-refractivity contribution >= 4 is 29.0 Å². The highest BCUT2D eigenvalue weighted by molar-refractivity contribution is 6.45. The lowest BCUT2D eigenvalue weighted by Gasteiger charge is -2.22. The molecule has 0 aliphatic heterocycles. The van der Waals surface area contributed by atoms with Crippen LogP contribution >= 0.6 is 23.2 Å². The lowest BCUT2D eigenvalue weighted by atomic mass is 9.79. The second kappa shape index (κ2) is 5.04. The Hall–Kier alpha value is -1.51. The average Bonchev–Trinajstić information content (AvgIpc) is 2.76. The van der Waals surface area contributed by atoms with Gasteiger partial charge in [0, 0.05) is 5.56 Å². The zero-order valence-electron chi connectivity index (χ0n) is 11.7. The van der Waals surface area contributed by atoms with Crippen LogP contribution in [-0.2, 0) is 11.8 Å². The maximum Gasteiger partial charge on any atom is 0.175 e. The van der Waals surface area contributed by atoms with Crippen molar-refractivity contribution < 1.29 is 9.53 Å². The predicted octanol–water partition coefficient (Wildman–Crippen LogP) is 4.70. The molecule has 0 fully saturated rings. The number of Topliss-reactive ketones (excluding diaryl/α,β-unsaturated/α-hetero) is 1. The third kappa shape index (κ3) is 2.05. The van der Waals surface area contributed by atoms with Crippen LogP contribution in [0.25, 0.3) is 0 Å². The summed E-state index contributed by atoms with van der Waals surface area (Å²) in [5.74, 6) is 0.517. The van der Waals surface area contributed by atoms with E-state index >= 15 is 0 Å². The normalized spacial score (nSPS) is 20.5. The SMILES string of the molecule is COc1cc2c(c(Cl)c1Cl)C(=O)[C@](C)(c1ccccc1)C2. The zero-order chi connectivity index (χ0) is 15.2. The quantitative estimate of drug-likeness (QED) is 0.801. The second-order valence-electron chi connectivity index (χ2n) is 5.44. The molecule has 2 nitrogen and oxygen atoms in total. The van der Waals surface area contributed by atoms with Gasteiger partial charge >= 0.3 is 0 Å². The molecule has 0 bridgehead atoms. The molecule has 0 heterocycles. The first-order chi connectivity index (χ1) is 9.99. The van der Waals surface area contributed by atoms with Crippen molar-refractivity contribution in [2.45, 2.75) is 18.8 Å². The monoisotopic (exact) mass is 320 g/mol. The molecule has 0 saturated carbocycles. The van der Waals surface area contributed by atoms with Crippen molar-refractivity contribution in [1.82, 2.24) is 0 Å². The molecule has 0 amide bonds. The van der Waals surface area contributed by atoms with Crippen molar-refractivity contribution in [3.05, 3.63) is 63.1 Å². The summed E-state index contributed by atoms with van der Waals surface area (Å²) in [4.78, 5) is 12.9. The molecular weight excluding hydrogens is 307 g/mol. The number of methoxy groups -OCH3 is 1. The Balaban J connectivity index is 2.17. The molecule has 0 aromatic heterocycles. The maximum absolute atomic E-state index is 12.9. The number of ether oxygens (including phenoxy) is 1. The van der Waals surface area contributed by atoms with Crippen molar-refractivity contribution in [3.8, 4) is 5.75 Å². The molecule has 0 spiro atoms. The van der Waals surface area contributed by atoms with E-state index in [2.05, 4.69) is 0 Å². The van der Waals surface area contributed by atoms with Crippen LogP contribution in [0.4, 0.5) is 0 Å². The molecule has 3 rings (SSSR count). The lowest BCUT2D eigenvalue weighted by molar-refractivity contribution is 0.0915.